The fourth-order valence-electron chi connectivity index (χ4n) is 4.39. The van der Waals surface area contributed by atoms with Crippen LogP contribution < -0.4 is 5.32 Å². The van der Waals surface area contributed by atoms with Crippen molar-refractivity contribution in [1.29, 1.82) is 0 Å². The Morgan fingerprint density at radius 2 is 1.86 bits per heavy atom. The van der Waals surface area contributed by atoms with Gasteiger partial charge in [0.25, 0.3) is 5.91 Å². The molecule has 0 atom stereocenters. The van der Waals surface area contributed by atoms with E-state index in [0.717, 1.165) is 59.8 Å². The first kappa shape index (κ1) is 15.8. The monoisotopic (exact) mass is 372 g/mol. The van der Waals surface area contributed by atoms with Gasteiger partial charge in [0.1, 0.15) is 5.69 Å². The van der Waals surface area contributed by atoms with Crippen LogP contribution >= 0.6 is 0 Å². The predicted octanol–water partition coefficient (Wildman–Crippen LogP) is 3.27. The number of hydrogen-bond acceptors (Lipinski definition) is 4. The van der Waals surface area contributed by atoms with Crippen molar-refractivity contribution in [1.82, 2.24) is 30.7 Å². The first-order chi connectivity index (χ1) is 13.8. The normalized spacial score (nSPS) is 16.4. The Hall–Kier alpha value is -3.22. The number of nitrogens with one attached hydrogen (secondary N) is 3. The number of carbonyl (C=O) groups is 1. The maximum absolute atomic E-state index is 12.7. The van der Waals surface area contributed by atoms with Gasteiger partial charge >= 0.3 is 0 Å². The lowest BCUT2D eigenvalue weighted by Gasteiger charge is -2.21. The first-order valence-corrected chi connectivity index (χ1v) is 9.92. The van der Waals surface area contributed by atoms with Crippen LogP contribution in [-0.4, -0.2) is 37.3 Å². The summed E-state index contributed by atoms with van der Waals surface area (Å²) >= 11 is 0. The van der Waals surface area contributed by atoms with E-state index in [1.54, 1.807) is 6.20 Å². The molecule has 3 aromatic heterocycles. The summed E-state index contributed by atoms with van der Waals surface area (Å²) in [6.45, 7) is 0. The Balaban J connectivity index is 1.59. The summed E-state index contributed by atoms with van der Waals surface area (Å²) in [5.41, 5.74) is 6.76. The zero-order valence-electron chi connectivity index (χ0n) is 15.4. The lowest BCUT2D eigenvalue weighted by atomic mass is 9.85. The third-order valence-corrected chi connectivity index (χ3v) is 5.92. The number of rotatable bonds is 3. The van der Waals surface area contributed by atoms with Gasteiger partial charge in [-0.05, 0) is 61.8 Å². The van der Waals surface area contributed by atoms with Crippen molar-refractivity contribution in [2.24, 2.45) is 0 Å². The molecule has 0 saturated heterocycles. The summed E-state index contributed by atoms with van der Waals surface area (Å²) in [5, 5.41) is 19.7. The second-order valence-electron chi connectivity index (χ2n) is 7.82. The fraction of sp³-hybridized carbons (Fsp3) is 0.333. The largest absolute Gasteiger partial charge is 0.348 e. The van der Waals surface area contributed by atoms with Crippen LogP contribution in [0.2, 0.25) is 0 Å². The number of pyridine rings is 1. The van der Waals surface area contributed by atoms with Crippen molar-refractivity contribution in [3.63, 3.8) is 0 Å². The van der Waals surface area contributed by atoms with Crippen LogP contribution in [0.1, 0.15) is 47.3 Å². The van der Waals surface area contributed by atoms with Crippen LogP contribution in [0.3, 0.4) is 0 Å². The summed E-state index contributed by atoms with van der Waals surface area (Å²) < 4.78 is 0. The third-order valence-electron chi connectivity index (χ3n) is 5.92. The molecule has 2 aliphatic rings. The van der Waals surface area contributed by atoms with E-state index in [4.69, 9.17) is 4.98 Å². The van der Waals surface area contributed by atoms with Gasteiger partial charge in [-0.1, -0.05) is 0 Å². The minimum absolute atomic E-state index is 0.0910. The molecular formula is C21H20N6O. The Bertz CT molecular complexity index is 1230. The van der Waals surface area contributed by atoms with E-state index in [1.807, 2.05) is 18.3 Å². The zero-order valence-corrected chi connectivity index (χ0v) is 15.4. The van der Waals surface area contributed by atoms with Gasteiger partial charge in [-0.2, -0.15) is 10.2 Å². The van der Waals surface area contributed by atoms with Crippen LogP contribution in [0.25, 0.3) is 33.1 Å². The van der Waals surface area contributed by atoms with E-state index < -0.39 is 0 Å². The van der Waals surface area contributed by atoms with Crippen molar-refractivity contribution in [3.05, 3.63) is 41.3 Å². The molecule has 7 nitrogen and oxygen atoms in total. The lowest BCUT2D eigenvalue weighted by molar-refractivity contribution is 0.0946. The number of aromatic amines is 2. The minimum Gasteiger partial charge on any atom is -0.348 e. The number of fused-ring (bicyclic) bond motifs is 5. The SMILES string of the molecule is O=C(NC1CC1)c1[nH]ncc1-c1nc2ccc3[nH]ncc3c2c2c1CCCC2. The van der Waals surface area contributed by atoms with E-state index in [-0.39, 0.29) is 5.91 Å². The standard InChI is InChI=1S/C21H20N6O/c28-21(24-11-5-6-11)20-15(10-23-27-20)19-13-4-2-1-3-12(13)18-14-9-22-26-16(14)7-8-17(18)25-19/h7-11H,1-6H2,(H,22,26)(H,23,27)(H,24,28). The molecule has 0 aliphatic heterocycles. The molecule has 3 N–H and O–H groups in total. The van der Waals surface area contributed by atoms with Gasteiger partial charge < -0.3 is 5.32 Å². The maximum Gasteiger partial charge on any atom is 0.270 e. The predicted molar refractivity (Wildman–Crippen MR) is 106 cm³/mol. The summed E-state index contributed by atoms with van der Waals surface area (Å²) in [5.74, 6) is -0.0910. The topological polar surface area (TPSA) is 99.4 Å². The number of H-pyrrole nitrogens is 2. The molecule has 28 heavy (non-hydrogen) atoms. The lowest BCUT2D eigenvalue weighted by Crippen LogP contribution is -2.26. The Kier molecular flexibility index (Phi) is 3.32. The van der Waals surface area contributed by atoms with Gasteiger partial charge in [-0.25, -0.2) is 4.98 Å². The number of aryl methyl sites for hydroxylation is 1. The van der Waals surface area contributed by atoms with Crippen LogP contribution in [-0.2, 0) is 12.8 Å². The van der Waals surface area contributed by atoms with Crippen LogP contribution in [0, 0.1) is 0 Å². The molecule has 140 valence electrons. The zero-order chi connectivity index (χ0) is 18.7. The summed E-state index contributed by atoms with van der Waals surface area (Å²) in [6, 6.07) is 4.36. The van der Waals surface area contributed by atoms with E-state index in [9.17, 15) is 4.79 Å². The first-order valence-electron chi connectivity index (χ1n) is 9.92. The highest BCUT2D eigenvalue weighted by molar-refractivity contribution is 6.08. The van der Waals surface area contributed by atoms with Gasteiger partial charge in [0, 0.05) is 16.8 Å². The molecule has 0 bridgehead atoms. The fourth-order valence-corrected chi connectivity index (χ4v) is 4.39. The van der Waals surface area contributed by atoms with Gasteiger partial charge in [0.05, 0.1) is 34.7 Å². The Morgan fingerprint density at radius 1 is 1.04 bits per heavy atom. The van der Waals surface area contributed by atoms with Gasteiger partial charge in [0.15, 0.2) is 0 Å². The van der Waals surface area contributed by atoms with Crippen LogP contribution in [0.4, 0.5) is 0 Å². The minimum atomic E-state index is -0.0910. The number of hydrogen-bond donors (Lipinski definition) is 3. The highest BCUT2D eigenvalue weighted by Gasteiger charge is 2.28. The summed E-state index contributed by atoms with van der Waals surface area (Å²) in [7, 11) is 0. The molecule has 3 heterocycles. The Labute approximate surface area is 160 Å². The van der Waals surface area contributed by atoms with E-state index in [0.29, 0.717) is 11.7 Å². The van der Waals surface area contributed by atoms with Crippen molar-refractivity contribution < 1.29 is 4.79 Å². The number of amides is 1. The number of aromatic nitrogens is 5. The smallest absolute Gasteiger partial charge is 0.270 e. The molecule has 6 rings (SSSR count). The van der Waals surface area contributed by atoms with Crippen molar-refractivity contribution >= 4 is 27.7 Å². The second-order valence-corrected chi connectivity index (χ2v) is 7.82. The number of benzene rings is 1. The molecule has 0 radical (unpaired) electrons. The van der Waals surface area contributed by atoms with E-state index >= 15 is 0 Å². The highest BCUT2D eigenvalue weighted by atomic mass is 16.2. The Morgan fingerprint density at radius 3 is 2.71 bits per heavy atom. The number of carbonyl (C=O) groups excluding carboxylic acids is 1. The maximum atomic E-state index is 12.7. The number of nitrogens with zero attached hydrogens (tertiary/aromatic N) is 3. The third kappa shape index (κ3) is 2.35. The van der Waals surface area contributed by atoms with Crippen LogP contribution in [0.5, 0.6) is 0 Å². The van der Waals surface area contributed by atoms with Gasteiger partial charge in [0.2, 0.25) is 0 Å². The van der Waals surface area contributed by atoms with E-state index in [1.165, 1.54) is 22.9 Å². The quantitative estimate of drug-likeness (QED) is 0.514. The molecule has 1 saturated carbocycles. The summed E-state index contributed by atoms with van der Waals surface area (Å²) in [4.78, 5) is 17.7. The molecule has 0 unspecified atom stereocenters. The molecule has 0 spiro atoms. The van der Waals surface area contributed by atoms with E-state index in [2.05, 4.69) is 25.7 Å². The molecule has 4 aromatic rings. The second kappa shape index (κ2) is 5.89. The average Bonchev–Trinajstić information content (AvgIpc) is 3.20. The highest BCUT2D eigenvalue weighted by Crippen LogP contribution is 2.38. The molecule has 1 aromatic carbocycles. The van der Waals surface area contributed by atoms with Crippen molar-refractivity contribution in [3.8, 4) is 11.3 Å². The average molecular weight is 372 g/mol. The molecule has 7 heteroatoms. The van der Waals surface area contributed by atoms with Crippen LogP contribution in [0.15, 0.2) is 24.5 Å². The molecule has 1 fully saturated rings. The van der Waals surface area contributed by atoms with Crippen molar-refractivity contribution in [2.45, 2.75) is 44.6 Å². The molecule has 1 amide bonds. The molecular weight excluding hydrogens is 352 g/mol. The molecule has 2 aliphatic carbocycles. The van der Waals surface area contributed by atoms with Gasteiger partial charge in [-0.3, -0.25) is 15.0 Å². The van der Waals surface area contributed by atoms with Gasteiger partial charge in [-0.15, -0.1) is 0 Å². The van der Waals surface area contributed by atoms with Crippen molar-refractivity contribution in [2.75, 3.05) is 0 Å². The summed E-state index contributed by atoms with van der Waals surface area (Å²) in [6.07, 6.45) is 10.0.